The second kappa shape index (κ2) is 6.08. The van der Waals surface area contributed by atoms with Crippen LogP contribution in [0.25, 0.3) is 0 Å². The third-order valence-corrected chi connectivity index (χ3v) is 3.08. The van der Waals surface area contributed by atoms with Gasteiger partial charge in [-0.1, -0.05) is 6.92 Å². The molecule has 1 heterocycles. The minimum Gasteiger partial charge on any atom is -0.481 e. The summed E-state index contributed by atoms with van der Waals surface area (Å²) in [5.41, 5.74) is 0. The normalized spacial score (nSPS) is 27.1. The number of hydrogen-bond acceptors (Lipinski definition) is 3. The first kappa shape index (κ1) is 12.5. The molecule has 1 aliphatic rings. The van der Waals surface area contributed by atoms with Gasteiger partial charge in [0.2, 0.25) is 0 Å². The predicted molar refractivity (Wildman–Crippen MR) is 57.8 cm³/mol. The van der Waals surface area contributed by atoms with Crippen LogP contribution in [0.5, 0.6) is 0 Å². The molecule has 1 saturated heterocycles. The van der Waals surface area contributed by atoms with Crippen LogP contribution in [0.3, 0.4) is 0 Å². The highest BCUT2D eigenvalue weighted by atomic mass is 16.5. The van der Waals surface area contributed by atoms with E-state index in [9.17, 15) is 4.79 Å². The number of carboxylic acid groups (broad SMARTS) is 1. The van der Waals surface area contributed by atoms with Crippen molar-refractivity contribution in [1.29, 1.82) is 0 Å². The first-order chi connectivity index (χ1) is 7.15. The molecule has 1 fully saturated rings. The zero-order valence-electron chi connectivity index (χ0n) is 9.61. The van der Waals surface area contributed by atoms with Gasteiger partial charge in [0.15, 0.2) is 0 Å². The molecule has 0 bridgehead atoms. The molecule has 1 rings (SSSR count). The number of likely N-dealkylation sites (tertiary alicyclic amines) is 1. The van der Waals surface area contributed by atoms with Crippen molar-refractivity contribution >= 4 is 5.97 Å². The van der Waals surface area contributed by atoms with Gasteiger partial charge in [0, 0.05) is 26.8 Å². The topological polar surface area (TPSA) is 49.8 Å². The largest absolute Gasteiger partial charge is 0.481 e. The molecule has 88 valence electrons. The fourth-order valence-corrected chi connectivity index (χ4v) is 2.15. The summed E-state index contributed by atoms with van der Waals surface area (Å²) in [6.07, 6.45) is 2.14. The summed E-state index contributed by atoms with van der Waals surface area (Å²) in [5, 5.41) is 8.96. The molecule has 4 nitrogen and oxygen atoms in total. The van der Waals surface area contributed by atoms with Crippen LogP contribution in [0.15, 0.2) is 0 Å². The molecule has 0 spiro atoms. The third kappa shape index (κ3) is 3.80. The average Bonchev–Trinajstić information content (AvgIpc) is 2.55. The molecule has 0 radical (unpaired) electrons. The summed E-state index contributed by atoms with van der Waals surface area (Å²) in [5.74, 6) is -0.542. The van der Waals surface area contributed by atoms with Crippen molar-refractivity contribution in [3.63, 3.8) is 0 Å². The number of nitrogens with zero attached hydrogens (tertiary/aromatic N) is 1. The first-order valence-corrected chi connectivity index (χ1v) is 5.59. The number of methoxy groups -OCH3 is 1. The van der Waals surface area contributed by atoms with E-state index >= 15 is 0 Å². The lowest BCUT2D eigenvalue weighted by molar-refractivity contribution is -0.142. The van der Waals surface area contributed by atoms with Gasteiger partial charge >= 0.3 is 5.97 Å². The fraction of sp³-hybridized carbons (Fsp3) is 0.909. The van der Waals surface area contributed by atoms with Crippen LogP contribution in [0.2, 0.25) is 0 Å². The molecule has 0 saturated carbocycles. The highest BCUT2D eigenvalue weighted by molar-refractivity contribution is 5.71. The minimum absolute atomic E-state index is 0.174. The predicted octanol–water partition coefficient (Wildman–Crippen LogP) is 1.07. The Morgan fingerprint density at radius 2 is 2.20 bits per heavy atom. The molecule has 1 N–H and O–H groups in total. The summed E-state index contributed by atoms with van der Waals surface area (Å²) < 4.78 is 4.97. The summed E-state index contributed by atoms with van der Waals surface area (Å²) in [6, 6.07) is 0. The molecule has 4 heteroatoms. The van der Waals surface area contributed by atoms with Gasteiger partial charge in [-0.2, -0.15) is 0 Å². The number of ether oxygens (including phenoxy) is 1. The van der Waals surface area contributed by atoms with Crippen molar-refractivity contribution in [2.45, 2.75) is 19.8 Å². The van der Waals surface area contributed by atoms with E-state index in [0.29, 0.717) is 6.54 Å². The van der Waals surface area contributed by atoms with Crippen LogP contribution >= 0.6 is 0 Å². The van der Waals surface area contributed by atoms with E-state index in [0.717, 1.165) is 32.5 Å². The molecule has 0 aromatic heterocycles. The van der Waals surface area contributed by atoms with Gasteiger partial charge < -0.3 is 14.7 Å². The van der Waals surface area contributed by atoms with E-state index in [-0.39, 0.29) is 11.8 Å². The van der Waals surface area contributed by atoms with Gasteiger partial charge in [0.05, 0.1) is 5.92 Å². The number of aliphatic carboxylic acids is 1. The van der Waals surface area contributed by atoms with E-state index < -0.39 is 5.97 Å². The Labute approximate surface area is 91.2 Å². The van der Waals surface area contributed by atoms with Crippen LogP contribution in [0.4, 0.5) is 0 Å². The fourth-order valence-electron chi connectivity index (χ4n) is 2.15. The Morgan fingerprint density at radius 1 is 1.47 bits per heavy atom. The summed E-state index contributed by atoms with van der Waals surface area (Å²) in [4.78, 5) is 13.1. The van der Waals surface area contributed by atoms with Gasteiger partial charge in [-0.25, -0.2) is 0 Å². The Morgan fingerprint density at radius 3 is 2.73 bits per heavy atom. The quantitative estimate of drug-likeness (QED) is 0.673. The van der Waals surface area contributed by atoms with Crippen LogP contribution in [0, 0.1) is 11.8 Å². The molecule has 0 aliphatic carbocycles. The third-order valence-electron chi connectivity index (χ3n) is 3.08. The second-order valence-electron chi connectivity index (χ2n) is 4.38. The van der Waals surface area contributed by atoms with E-state index in [4.69, 9.17) is 9.84 Å². The van der Waals surface area contributed by atoms with Crippen LogP contribution in [0.1, 0.15) is 19.8 Å². The zero-order chi connectivity index (χ0) is 11.3. The van der Waals surface area contributed by atoms with Crippen molar-refractivity contribution in [3.05, 3.63) is 0 Å². The van der Waals surface area contributed by atoms with Gasteiger partial charge in [0.1, 0.15) is 0 Å². The van der Waals surface area contributed by atoms with Gasteiger partial charge in [-0.3, -0.25) is 4.79 Å². The number of hydrogen-bond donors (Lipinski definition) is 1. The Kier molecular flexibility index (Phi) is 5.05. The number of carbonyl (C=O) groups is 1. The zero-order valence-corrected chi connectivity index (χ0v) is 9.61. The van der Waals surface area contributed by atoms with Crippen molar-refractivity contribution < 1.29 is 14.6 Å². The molecule has 15 heavy (non-hydrogen) atoms. The maximum Gasteiger partial charge on any atom is 0.308 e. The number of carboxylic acids is 1. The lowest BCUT2D eigenvalue weighted by Gasteiger charge is -2.14. The van der Waals surface area contributed by atoms with Crippen molar-refractivity contribution in [2.24, 2.45) is 11.8 Å². The SMILES string of the molecule is COCCCCN1C[C@@H](C)[C@H](C(=O)O)C1. The minimum atomic E-state index is -0.651. The summed E-state index contributed by atoms with van der Waals surface area (Å²) in [7, 11) is 1.71. The summed E-state index contributed by atoms with van der Waals surface area (Å²) in [6.45, 7) is 5.45. The van der Waals surface area contributed by atoms with E-state index in [1.165, 1.54) is 0 Å². The van der Waals surface area contributed by atoms with E-state index in [1.807, 2.05) is 6.92 Å². The van der Waals surface area contributed by atoms with Gasteiger partial charge in [0.25, 0.3) is 0 Å². The number of rotatable bonds is 6. The molecule has 2 atom stereocenters. The molecule has 0 amide bonds. The lowest BCUT2D eigenvalue weighted by Crippen LogP contribution is -2.24. The highest BCUT2D eigenvalue weighted by Gasteiger charge is 2.33. The van der Waals surface area contributed by atoms with Crippen LogP contribution < -0.4 is 0 Å². The number of unbranched alkanes of at least 4 members (excludes halogenated alkanes) is 1. The maximum absolute atomic E-state index is 10.9. The van der Waals surface area contributed by atoms with Crippen molar-refractivity contribution in [2.75, 3.05) is 33.4 Å². The Hall–Kier alpha value is -0.610. The highest BCUT2D eigenvalue weighted by Crippen LogP contribution is 2.23. The van der Waals surface area contributed by atoms with Crippen molar-refractivity contribution in [1.82, 2.24) is 4.90 Å². The lowest BCUT2D eigenvalue weighted by atomic mass is 9.99. The van der Waals surface area contributed by atoms with Crippen LogP contribution in [-0.2, 0) is 9.53 Å². The average molecular weight is 215 g/mol. The van der Waals surface area contributed by atoms with Crippen LogP contribution in [-0.4, -0.2) is 49.3 Å². The smallest absolute Gasteiger partial charge is 0.308 e. The summed E-state index contributed by atoms with van der Waals surface area (Å²) >= 11 is 0. The Balaban J connectivity index is 2.20. The maximum atomic E-state index is 10.9. The monoisotopic (exact) mass is 215 g/mol. The van der Waals surface area contributed by atoms with Gasteiger partial charge in [-0.15, -0.1) is 0 Å². The second-order valence-corrected chi connectivity index (χ2v) is 4.38. The standard InChI is InChI=1S/C11H21NO3/c1-9-7-12(5-3-4-6-15-2)8-10(9)11(13)14/h9-10H,3-8H2,1-2H3,(H,13,14)/t9-,10-/m1/s1. The van der Waals surface area contributed by atoms with Crippen molar-refractivity contribution in [3.8, 4) is 0 Å². The molecule has 1 aliphatic heterocycles. The van der Waals surface area contributed by atoms with E-state index in [2.05, 4.69) is 4.90 Å². The molecule has 0 aromatic rings. The first-order valence-electron chi connectivity index (χ1n) is 5.59. The molecule has 0 aromatic carbocycles. The molecular weight excluding hydrogens is 194 g/mol. The molecule has 0 unspecified atom stereocenters. The van der Waals surface area contributed by atoms with E-state index in [1.54, 1.807) is 7.11 Å². The molecular formula is C11H21NO3. The van der Waals surface area contributed by atoms with Gasteiger partial charge in [-0.05, 0) is 25.3 Å². The Bertz CT molecular complexity index is 208.